The summed E-state index contributed by atoms with van der Waals surface area (Å²) in [4.78, 5) is 0. The molecule has 0 fully saturated rings. The van der Waals surface area contributed by atoms with Crippen molar-refractivity contribution < 1.29 is 8.42 Å². The van der Waals surface area contributed by atoms with Crippen molar-refractivity contribution in [3.63, 3.8) is 0 Å². The lowest BCUT2D eigenvalue weighted by molar-refractivity contribution is 0.478. The summed E-state index contributed by atoms with van der Waals surface area (Å²) in [6.07, 6.45) is 2.98. The van der Waals surface area contributed by atoms with Crippen LogP contribution in [0.4, 0.5) is 0 Å². The highest BCUT2D eigenvalue weighted by atomic mass is 32.2. The molecule has 0 saturated heterocycles. The lowest BCUT2D eigenvalue weighted by Crippen LogP contribution is -2.35. The van der Waals surface area contributed by atoms with E-state index in [-0.39, 0.29) is 0 Å². The van der Waals surface area contributed by atoms with Gasteiger partial charge in [0, 0.05) is 0 Å². The van der Waals surface area contributed by atoms with Gasteiger partial charge in [-0.2, -0.15) is 0 Å². The fourth-order valence-electron chi connectivity index (χ4n) is 1.05. The molecule has 1 atom stereocenters. The Morgan fingerprint density at radius 3 is 2.08 bits per heavy atom. The summed E-state index contributed by atoms with van der Waals surface area (Å²) < 4.78 is 21.3. The van der Waals surface area contributed by atoms with Crippen LogP contribution in [0.15, 0.2) is 0 Å². The number of unbranched alkanes of at least 4 members (excludes halogenated alkanes) is 1. The summed E-state index contributed by atoms with van der Waals surface area (Å²) in [6.45, 7) is 5.50. The predicted octanol–water partition coefficient (Wildman–Crippen LogP) is 1.96. The maximum atomic E-state index is 11.1. The van der Waals surface area contributed by atoms with Crippen molar-refractivity contribution in [2.24, 2.45) is 0 Å². The van der Waals surface area contributed by atoms with Crippen LogP contribution in [0.25, 0.3) is 0 Å². The molecule has 0 rings (SSSR count). The maximum Gasteiger partial charge on any atom is 0.230 e. The van der Waals surface area contributed by atoms with Crippen molar-refractivity contribution >= 4 is 10.0 Å². The SMILES string of the molecule is CCCCC(C)(CC)S([NH])(=O)=O. The molecule has 1 N–H and O–H groups in total. The van der Waals surface area contributed by atoms with Crippen LogP contribution in [0.3, 0.4) is 0 Å². The van der Waals surface area contributed by atoms with Crippen molar-refractivity contribution in [1.82, 2.24) is 5.14 Å². The monoisotopic (exact) mass is 192 g/mol. The molecule has 4 heteroatoms. The van der Waals surface area contributed by atoms with Gasteiger partial charge in [0.15, 0.2) is 0 Å². The molecule has 73 valence electrons. The van der Waals surface area contributed by atoms with Gasteiger partial charge in [0.1, 0.15) is 0 Å². The van der Waals surface area contributed by atoms with Gasteiger partial charge < -0.3 is 0 Å². The van der Waals surface area contributed by atoms with E-state index in [1.807, 2.05) is 13.8 Å². The Hall–Kier alpha value is -0.0900. The molecule has 0 spiro atoms. The quantitative estimate of drug-likeness (QED) is 0.668. The molecule has 3 nitrogen and oxygen atoms in total. The molecule has 0 aromatic carbocycles. The minimum absolute atomic E-state index is 0.527. The Morgan fingerprint density at radius 1 is 1.33 bits per heavy atom. The first-order chi connectivity index (χ1) is 5.37. The highest BCUT2D eigenvalue weighted by Gasteiger charge is 2.34. The van der Waals surface area contributed by atoms with Gasteiger partial charge in [0.05, 0.1) is 4.75 Å². The van der Waals surface area contributed by atoms with Gasteiger partial charge in [-0.25, -0.2) is 8.42 Å². The number of nitrogens with one attached hydrogen (secondary N) is 1. The van der Waals surface area contributed by atoms with Crippen molar-refractivity contribution in [3.05, 3.63) is 0 Å². The molecular formula is C8H18NO2S. The van der Waals surface area contributed by atoms with Crippen LogP contribution in [-0.4, -0.2) is 13.2 Å². The summed E-state index contributed by atoms with van der Waals surface area (Å²) in [5, 5.41) is 7.04. The molecule has 0 aliphatic rings. The molecule has 0 aromatic rings. The number of hydrogen-bond acceptors (Lipinski definition) is 2. The van der Waals surface area contributed by atoms with Crippen molar-refractivity contribution in [2.45, 2.75) is 51.2 Å². The van der Waals surface area contributed by atoms with Gasteiger partial charge >= 0.3 is 0 Å². The van der Waals surface area contributed by atoms with Gasteiger partial charge in [0.2, 0.25) is 10.0 Å². The lowest BCUT2D eigenvalue weighted by atomic mass is 10.0. The molecule has 1 unspecified atom stereocenters. The molecule has 12 heavy (non-hydrogen) atoms. The number of hydrogen-bond donors (Lipinski definition) is 0. The van der Waals surface area contributed by atoms with E-state index >= 15 is 0 Å². The zero-order valence-corrected chi connectivity index (χ0v) is 8.87. The first-order valence-electron chi connectivity index (χ1n) is 4.36. The zero-order valence-electron chi connectivity index (χ0n) is 8.05. The van der Waals surface area contributed by atoms with Crippen LogP contribution in [-0.2, 0) is 10.0 Å². The highest BCUT2D eigenvalue weighted by Crippen LogP contribution is 2.25. The average Bonchev–Trinajstić information content (AvgIpc) is 1.98. The smallest absolute Gasteiger partial charge is 0.211 e. The predicted molar refractivity (Wildman–Crippen MR) is 50.2 cm³/mol. The van der Waals surface area contributed by atoms with Crippen LogP contribution in [0.5, 0.6) is 0 Å². The van der Waals surface area contributed by atoms with Crippen LogP contribution < -0.4 is 5.14 Å². The van der Waals surface area contributed by atoms with Crippen LogP contribution >= 0.6 is 0 Å². The Morgan fingerprint density at radius 2 is 1.83 bits per heavy atom. The lowest BCUT2D eigenvalue weighted by Gasteiger charge is -2.24. The van der Waals surface area contributed by atoms with E-state index in [4.69, 9.17) is 5.14 Å². The zero-order chi connectivity index (χ0) is 9.83. The molecule has 0 aliphatic carbocycles. The van der Waals surface area contributed by atoms with Crippen LogP contribution in [0.2, 0.25) is 0 Å². The van der Waals surface area contributed by atoms with Gasteiger partial charge in [-0.1, -0.05) is 26.7 Å². The number of rotatable bonds is 5. The summed E-state index contributed by atoms with van der Waals surface area (Å²) in [6, 6.07) is 0. The second-order valence-electron chi connectivity index (χ2n) is 3.41. The minimum atomic E-state index is -3.64. The van der Waals surface area contributed by atoms with E-state index < -0.39 is 14.8 Å². The van der Waals surface area contributed by atoms with E-state index in [2.05, 4.69) is 0 Å². The maximum absolute atomic E-state index is 11.1. The molecule has 1 radical (unpaired) electrons. The van der Waals surface area contributed by atoms with Crippen molar-refractivity contribution in [1.29, 1.82) is 0 Å². The van der Waals surface area contributed by atoms with E-state index in [1.165, 1.54) is 0 Å². The van der Waals surface area contributed by atoms with Crippen molar-refractivity contribution in [2.75, 3.05) is 0 Å². The molecule has 0 amide bonds. The fourth-order valence-corrected chi connectivity index (χ4v) is 1.84. The average molecular weight is 192 g/mol. The minimum Gasteiger partial charge on any atom is -0.211 e. The largest absolute Gasteiger partial charge is 0.230 e. The topological polar surface area (TPSA) is 57.9 Å². The van der Waals surface area contributed by atoms with E-state index in [0.717, 1.165) is 12.8 Å². The fraction of sp³-hybridized carbons (Fsp3) is 1.00. The van der Waals surface area contributed by atoms with E-state index in [1.54, 1.807) is 6.92 Å². The third kappa shape index (κ3) is 2.75. The Balaban J connectivity index is 4.47. The first kappa shape index (κ1) is 11.9. The van der Waals surface area contributed by atoms with Crippen LogP contribution in [0.1, 0.15) is 46.5 Å². The third-order valence-electron chi connectivity index (χ3n) is 2.46. The Bertz CT molecular complexity index is 223. The van der Waals surface area contributed by atoms with Gasteiger partial charge in [0.25, 0.3) is 0 Å². The third-order valence-corrected chi connectivity index (χ3v) is 4.25. The Labute approximate surface area is 75.4 Å². The van der Waals surface area contributed by atoms with Gasteiger partial charge in [-0.15, -0.1) is 5.14 Å². The summed E-state index contributed by atoms with van der Waals surface area (Å²) in [7, 11) is -3.64. The second kappa shape index (κ2) is 4.23. The highest BCUT2D eigenvalue weighted by molar-refractivity contribution is 7.90. The summed E-state index contributed by atoms with van der Waals surface area (Å²) >= 11 is 0. The van der Waals surface area contributed by atoms with Crippen molar-refractivity contribution in [3.8, 4) is 0 Å². The first-order valence-corrected chi connectivity index (χ1v) is 5.85. The summed E-state index contributed by atoms with van der Waals surface area (Å²) in [5.74, 6) is 0. The molecule has 0 bridgehead atoms. The van der Waals surface area contributed by atoms with E-state index in [0.29, 0.717) is 12.8 Å². The molecule has 0 aliphatic heterocycles. The van der Waals surface area contributed by atoms with E-state index in [9.17, 15) is 8.42 Å². The Kier molecular flexibility index (Phi) is 4.20. The van der Waals surface area contributed by atoms with Gasteiger partial charge in [-0.05, 0) is 19.8 Å². The molecule has 0 aromatic heterocycles. The standard InChI is InChI=1S/C8H18NO2S/c1-4-6-7-8(3,5-2)12(9,10)11/h9H,4-7H2,1-3H3. The number of sulfonamides is 1. The van der Waals surface area contributed by atoms with Crippen LogP contribution in [0, 0.1) is 0 Å². The normalized spacial score (nSPS) is 17.3. The van der Waals surface area contributed by atoms with Gasteiger partial charge in [-0.3, -0.25) is 0 Å². The molecular weight excluding hydrogens is 174 g/mol. The molecule has 0 saturated carbocycles. The second-order valence-corrected chi connectivity index (χ2v) is 5.40. The molecule has 0 heterocycles. The summed E-state index contributed by atoms with van der Waals surface area (Å²) in [5.41, 5.74) is 0.